The van der Waals surface area contributed by atoms with Crippen LogP contribution in [0.4, 0.5) is 8.78 Å². The highest BCUT2D eigenvalue weighted by molar-refractivity contribution is 14.0. The van der Waals surface area contributed by atoms with Crippen molar-refractivity contribution in [1.82, 2.24) is 16.0 Å². The third-order valence-corrected chi connectivity index (χ3v) is 4.32. The van der Waals surface area contributed by atoms with Gasteiger partial charge in [0.15, 0.2) is 5.96 Å². The second-order valence-corrected chi connectivity index (χ2v) is 6.66. The molecule has 2 rings (SSSR count). The first-order valence-electron chi connectivity index (χ1n) is 9.76. The van der Waals surface area contributed by atoms with Gasteiger partial charge in [0.05, 0.1) is 6.42 Å². The first-order chi connectivity index (χ1) is 14.0. The maximum absolute atomic E-state index is 13.2. The molecule has 0 spiro atoms. The van der Waals surface area contributed by atoms with E-state index in [2.05, 4.69) is 20.9 Å². The summed E-state index contributed by atoms with van der Waals surface area (Å²) in [6, 6.07) is 10.7. The molecule has 3 N–H and O–H groups in total. The molecule has 0 aliphatic rings. The number of carbonyl (C=O) groups excluding carboxylic acids is 1. The normalized spacial score (nSPS) is 10.9. The largest absolute Gasteiger partial charge is 0.357 e. The summed E-state index contributed by atoms with van der Waals surface area (Å²) >= 11 is 0. The minimum atomic E-state index is -0.316. The van der Waals surface area contributed by atoms with Gasteiger partial charge in [0, 0.05) is 26.2 Å². The summed E-state index contributed by atoms with van der Waals surface area (Å²) in [5.41, 5.74) is 2.75. The molecule has 0 radical (unpaired) electrons. The number of halogens is 3. The van der Waals surface area contributed by atoms with Crippen LogP contribution in [-0.2, 0) is 17.6 Å². The van der Waals surface area contributed by atoms with Crippen LogP contribution in [-0.4, -0.2) is 38.0 Å². The number of rotatable bonds is 9. The Morgan fingerprint density at radius 1 is 0.967 bits per heavy atom. The Morgan fingerprint density at radius 2 is 1.63 bits per heavy atom. The summed E-state index contributed by atoms with van der Waals surface area (Å²) in [5, 5.41) is 9.15. The van der Waals surface area contributed by atoms with E-state index in [1.165, 1.54) is 24.3 Å². The molecule has 5 nitrogen and oxygen atoms in total. The van der Waals surface area contributed by atoms with Gasteiger partial charge in [-0.3, -0.25) is 9.79 Å². The van der Waals surface area contributed by atoms with E-state index in [0.717, 1.165) is 29.7 Å². The van der Waals surface area contributed by atoms with Gasteiger partial charge in [-0.1, -0.05) is 18.2 Å². The van der Waals surface area contributed by atoms with Crippen LogP contribution < -0.4 is 16.0 Å². The lowest BCUT2D eigenvalue weighted by molar-refractivity contribution is -0.120. The molecule has 2 aromatic rings. The minimum absolute atomic E-state index is 0. The van der Waals surface area contributed by atoms with Gasteiger partial charge < -0.3 is 16.0 Å². The van der Waals surface area contributed by atoms with Crippen LogP contribution in [0.3, 0.4) is 0 Å². The molecule has 0 unspecified atom stereocenters. The standard InChI is InChI=1S/C22H28F2N4O.HI/c1-3-25-22(27-11-10-18-6-9-20(24)14-16(18)2)28-13-12-26-21(29)15-17-4-7-19(23)8-5-17;/h4-9,14H,3,10-13,15H2,1-2H3,(H,26,29)(H2,25,27,28);1H. The van der Waals surface area contributed by atoms with Crippen molar-refractivity contribution in [2.24, 2.45) is 4.99 Å². The third-order valence-electron chi connectivity index (χ3n) is 4.32. The number of aryl methyl sites for hydroxylation is 1. The first kappa shape index (κ1) is 25.8. The predicted molar refractivity (Wildman–Crippen MR) is 127 cm³/mol. The quantitative estimate of drug-likeness (QED) is 0.202. The zero-order chi connectivity index (χ0) is 21.1. The summed E-state index contributed by atoms with van der Waals surface area (Å²) in [6.45, 7) is 6.13. The first-order valence-corrected chi connectivity index (χ1v) is 9.76. The molecule has 164 valence electrons. The second kappa shape index (κ2) is 13.9. The Labute approximate surface area is 193 Å². The van der Waals surface area contributed by atoms with Crippen molar-refractivity contribution in [3.8, 4) is 0 Å². The molecule has 0 aromatic heterocycles. The maximum Gasteiger partial charge on any atom is 0.224 e. The van der Waals surface area contributed by atoms with Crippen molar-refractivity contribution in [3.05, 3.63) is 70.8 Å². The van der Waals surface area contributed by atoms with E-state index in [1.54, 1.807) is 18.2 Å². The molecule has 2 aromatic carbocycles. The van der Waals surface area contributed by atoms with E-state index in [1.807, 2.05) is 13.8 Å². The topological polar surface area (TPSA) is 65.5 Å². The summed E-state index contributed by atoms with van der Waals surface area (Å²) in [5.74, 6) is 0.00148. The number of benzene rings is 2. The van der Waals surface area contributed by atoms with Crippen LogP contribution in [0.1, 0.15) is 23.6 Å². The fourth-order valence-corrected chi connectivity index (χ4v) is 2.80. The van der Waals surface area contributed by atoms with Gasteiger partial charge in [-0.25, -0.2) is 8.78 Å². The van der Waals surface area contributed by atoms with E-state index in [-0.39, 0.29) is 47.9 Å². The van der Waals surface area contributed by atoms with E-state index >= 15 is 0 Å². The van der Waals surface area contributed by atoms with Crippen molar-refractivity contribution in [3.63, 3.8) is 0 Å². The number of nitrogens with zero attached hydrogens (tertiary/aromatic N) is 1. The summed E-state index contributed by atoms with van der Waals surface area (Å²) in [6.07, 6.45) is 0.933. The molecule has 0 aliphatic carbocycles. The van der Waals surface area contributed by atoms with E-state index < -0.39 is 0 Å². The monoisotopic (exact) mass is 530 g/mol. The van der Waals surface area contributed by atoms with Gasteiger partial charge >= 0.3 is 0 Å². The van der Waals surface area contributed by atoms with E-state index in [0.29, 0.717) is 25.6 Å². The van der Waals surface area contributed by atoms with Crippen LogP contribution in [0, 0.1) is 18.6 Å². The lowest BCUT2D eigenvalue weighted by Gasteiger charge is -2.12. The van der Waals surface area contributed by atoms with Gasteiger partial charge in [-0.2, -0.15) is 0 Å². The maximum atomic E-state index is 13.2. The molecular weight excluding hydrogens is 501 g/mol. The summed E-state index contributed by atoms with van der Waals surface area (Å²) in [4.78, 5) is 16.5. The molecule has 0 saturated heterocycles. The van der Waals surface area contributed by atoms with Gasteiger partial charge in [0.2, 0.25) is 5.91 Å². The zero-order valence-electron chi connectivity index (χ0n) is 17.3. The number of hydrogen-bond acceptors (Lipinski definition) is 2. The Balaban J connectivity index is 0.00000450. The Morgan fingerprint density at radius 3 is 2.30 bits per heavy atom. The number of aliphatic imine (C=N–C) groups is 1. The summed E-state index contributed by atoms with van der Waals surface area (Å²) < 4.78 is 26.1. The third kappa shape index (κ3) is 9.51. The lowest BCUT2D eigenvalue weighted by atomic mass is 10.1. The van der Waals surface area contributed by atoms with Gasteiger partial charge in [0.25, 0.3) is 0 Å². The van der Waals surface area contributed by atoms with Gasteiger partial charge in [-0.15, -0.1) is 24.0 Å². The highest BCUT2D eigenvalue weighted by Crippen LogP contribution is 2.10. The zero-order valence-corrected chi connectivity index (χ0v) is 19.6. The molecule has 0 atom stereocenters. The molecule has 0 heterocycles. The number of hydrogen-bond donors (Lipinski definition) is 3. The van der Waals surface area contributed by atoms with Crippen LogP contribution >= 0.6 is 24.0 Å². The molecular formula is C22H29F2IN4O. The van der Waals surface area contributed by atoms with Crippen LogP contribution in [0.25, 0.3) is 0 Å². The van der Waals surface area contributed by atoms with Crippen LogP contribution in [0.15, 0.2) is 47.5 Å². The van der Waals surface area contributed by atoms with Crippen molar-refractivity contribution >= 4 is 35.8 Å². The molecule has 8 heteroatoms. The molecule has 0 saturated carbocycles. The van der Waals surface area contributed by atoms with Crippen LogP contribution in [0.2, 0.25) is 0 Å². The molecule has 0 bridgehead atoms. The van der Waals surface area contributed by atoms with Crippen molar-refractivity contribution in [2.75, 3.05) is 26.2 Å². The number of nitrogens with one attached hydrogen (secondary N) is 3. The molecule has 0 aliphatic heterocycles. The number of amides is 1. The minimum Gasteiger partial charge on any atom is -0.357 e. The fourth-order valence-electron chi connectivity index (χ4n) is 2.80. The van der Waals surface area contributed by atoms with Crippen LogP contribution in [0.5, 0.6) is 0 Å². The average molecular weight is 530 g/mol. The highest BCUT2D eigenvalue weighted by atomic mass is 127. The van der Waals surface area contributed by atoms with E-state index in [4.69, 9.17) is 0 Å². The Kier molecular flexibility index (Phi) is 12.0. The molecule has 1 amide bonds. The fraction of sp³-hybridized carbons (Fsp3) is 0.364. The second-order valence-electron chi connectivity index (χ2n) is 6.66. The smallest absolute Gasteiger partial charge is 0.224 e. The van der Waals surface area contributed by atoms with Gasteiger partial charge in [-0.05, 0) is 61.2 Å². The highest BCUT2D eigenvalue weighted by Gasteiger charge is 2.04. The Hall–Kier alpha value is -2.23. The SMILES string of the molecule is CCNC(=NCCc1ccc(F)cc1C)NCCNC(=O)Cc1ccc(F)cc1.I. The average Bonchev–Trinajstić information content (AvgIpc) is 2.68. The predicted octanol–water partition coefficient (Wildman–Crippen LogP) is 3.35. The van der Waals surface area contributed by atoms with Crippen molar-refractivity contribution < 1.29 is 13.6 Å². The summed E-state index contributed by atoms with van der Waals surface area (Å²) in [7, 11) is 0. The van der Waals surface area contributed by atoms with E-state index in [9.17, 15) is 13.6 Å². The van der Waals surface area contributed by atoms with Crippen molar-refractivity contribution in [1.29, 1.82) is 0 Å². The molecule has 0 fully saturated rings. The lowest BCUT2D eigenvalue weighted by Crippen LogP contribution is -2.41. The van der Waals surface area contributed by atoms with Crippen molar-refractivity contribution in [2.45, 2.75) is 26.7 Å². The number of guanidine groups is 1. The Bertz CT molecular complexity index is 828. The number of carbonyl (C=O) groups is 1. The molecule has 30 heavy (non-hydrogen) atoms. The van der Waals surface area contributed by atoms with Gasteiger partial charge in [0.1, 0.15) is 11.6 Å².